The molecule has 0 spiro atoms. The average molecular weight is 242 g/mol. The number of fused-ring (bicyclic) bond motifs is 1. The Labute approximate surface area is 104 Å². The molecule has 92 valence electrons. The lowest BCUT2D eigenvalue weighted by atomic mass is 10.0. The Morgan fingerprint density at radius 3 is 2.83 bits per heavy atom. The number of nitrogens with two attached hydrogens (primary N) is 1. The number of hydrogen-bond donors (Lipinski definition) is 3. The summed E-state index contributed by atoms with van der Waals surface area (Å²) >= 11 is 0. The van der Waals surface area contributed by atoms with E-state index in [0.29, 0.717) is 11.4 Å². The van der Waals surface area contributed by atoms with Gasteiger partial charge in [0.25, 0.3) is 0 Å². The lowest BCUT2D eigenvalue weighted by molar-refractivity contribution is 0.222. The average Bonchev–Trinajstić information content (AvgIpc) is 2.94. The quantitative estimate of drug-likeness (QED) is 0.638. The SMILES string of the molecule is Cn1ncc(C(O)c2c[nH]c3ccccc23)c1N. The number of anilines is 1. The number of nitrogen functional groups attached to an aromatic ring is 1. The smallest absolute Gasteiger partial charge is 0.127 e. The van der Waals surface area contributed by atoms with E-state index in [1.54, 1.807) is 17.9 Å². The second-order valence-corrected chi connectivity index (χ2v) is 4.30. The summed E-state index contributed by atoms with van der Waals surface area (Å²) in [6.45, 7) is 0. The van der Waals surface area contributed by atoms with Crippen molar-refractivity contribution in [3.63, 3.8) is 0 Å². The summed E-state index contributed by atoms with van der Waals surface area (Å²) in [5, 5.41) is 15.5. The Morgan fingerprint density at radius 1 is 1.33 bits per heavy atom. The van der Waals surface area contributed by atoms with Gasteiger partial charge in [0.2, 0.25) is 0 Å². The van der Waals surface area contributed by atoms with Gasteiger partial charge in [-0.2, -0.15) is 5.10 Å². The highest BCUT2D eigenvalue weighted by molar-refractivity contribution is 5.84. The van der Waals surface area contributed by atoms with Gasteiger partial charge in [-0.05, 0) is 6.07 Å². The van der Waals surface area contributed by atoms with Gasteiger partial charge < -0.3 is 15.8 Å². The summed E-state index contributed by atoms with van der Waals surface area (Å²) in [5.74, 6) is 0.479. The molecule has 3 aromatic rings. The maximum Gasteiger partial charge on any atom is 0.127 e. The van der Waals surface area contributed by atoms with E-state index in [-0.39, 0.29) is 0 Å². The third-order valence-electron chi connectivity index (χ3n) is 3.22. The van der Waals surface area contributed by atoms with Crippen LogP contribution in [0.15, 0.2) is 36.7 Å². The number of aliphatic hydroxyl groups excluding tert-OH is 1. The van der Waals surface area contributed by atoms with Crippen molar-refractivity contribution in [3.05, 3.63) is 47.8 Å². The fraction of sp³-hybridized carbons (Fsp3) is 0.154. The molecule has 0 radical (unpaired) electrons. The van der Waals surface area contributed by atoms with Crippen LogP contribution in [0.2, 0.25) is 0 Å². The Balaban J connectivity index is 2.12. The van der Waals surface area contributed by atoms with Gasteiger partial charge in [0.1, 0.15) is 11.9 Å². The molecule has 0 bridgehead atoms. The number of aliphatic hydroxyl groups is 1. The Bertz CT molecular complexity index is 698. The minimum atomic E-state index is -0.769. The maximum atomic E-state index is 10.4. The van der Waals surface area contributed by atoms with Crippen LogP contribution in [0.5, 0.6) is 0 Å². The highest BCUT2D eigenvalue weighted by Crippen LogP contribution is 2.31. The van der Waals surface area contributed by atoms with E-state index < -0.39 is 6.10 Å². The van der Waals surface area contributed by atoms with E-state index in [2.05, 4.69) is 10.1 Å². The number of rotatable bonds is 2. The first-order valence-corrected chi connectivity index (χ1v) is 5.70. The standard InChI is InChI=1S/C13H14N4O/c1-17-13(14)10(7-16-17)12(18)9-6-15-11-5-3-2-4-8(9)11/h2-7,12,15,18H,14H2,1H3. The molecule has 2 heterocycles. The molecule has 0 saturated carbocycles. The molecule has 5 heteroatoms. The molecule has 1 unspecified atom stereocenters. The first-order valence-electron chi connectivity index (χ1n) is 5.70. The van der Waals surface area contributed by atoms with Gasteiger partial charge in [-0.25, -0.2) is 0 Å². The first-order chi connectivity index (χ1) is 8.68. The third kappa shape index (κ3) is 1.48. The number of aromatic nitrogens is 3. The van der Waals surface area contributed by atoms with E-state index in [0.717, 1.165) is 16.5 Å². The molecule has 0 fully saturated rings. The zero-order valence-electron chi connectivity index (χ0n) is 9.96. The van der Waals surface area contributed by atoms with E-state index in [4.69, 9.17) is 5.73 Å². The van der Waals surface area contributed by atoms with Crippen LogP contribution < -0.4 is 5.73 Å². The van der Waals surface area contributed by atoms with Gasteiger partial charge in [0.15, 0.2) is 0 Å². The minimum Gasteiger partial charge on any atom is -0.384 e. The topological polar surface area (TPSA) is 79.9 Å². The molecule has 5 nitrogen and oxygen atoms in total. The monoisotopic (exact) mass is 242 g/mol. The molecular formula is C13H14N4O. The van der Waals surface area contributed by atoms with Gasteiger partial charge in [-0.3, -0.25) is 4.68 Å². The number of nitrogens with one attached hydrogen (secondary N) is 1. The lowest BCUT2D eigenvalue weighted by Crippen LogP contribution is -2.04. The van der Waals surface area contributed by atoms with Crippen LogP contribution in [0.1, 0.15) is 17.2 Å². The fourth-order valence-electron chi connectivity index (χ4n) is 2.16. The highest BCUT2D eigenvalue weighted by Gasteiger charge is 2.19. The van der Waals surface area contributed by atoms with Crippen molar-refractivity contribution < 1.29 is 5.11 Å². The second-order valence-electron chi connectivity index (χ2n) is 4.30. The van der Waals surface area contributed by atoms with E-state index in [1.807, 2.05) is 30.5 Å². The summed E-state index contributed by atoms with van der Waals surface area (Å²) < 4.78 is 1.55. The van der Waals surface area contributed by atoms with Gasteiger partial charge in [0, 0.05) is 35.3 Å². The molecule has 2 aromatic heterocycles. The zero-order chi connectivity index (χ0) is 12.7. The fourth-order valence-corrected chi connectivity index (χ4v) is 2.16. The second kappa shape index (κ2) is 3.89. The Morgan fingerprint density at radius 2 is 2.11 bits per heavy atom. The number of aromatic amines is 1. The van der Waals surface area contributed by atoms with Crippen molar-refractivity contribution in [2.45, 2.75) is 6.10 Å². The van der Waals surface area contributed by atoms with Crippen LogP contribution in [0.25, 0.3) is 10.9 Å². The van der Waals surface area contributed by atoms with Gasteiger partial charge in [0.05, 0.1) is 6.20 Å². The lowest BCUT2D eigenvalue weighted by Gasteiger charge is -2.09. The van der Waals surface area contributed by atoms with Crippen molar-refractivity contribution in [2.24, 2.45) is 7.05 Å². The Kier molecular flexibility index (Phi) is 2.34. The molecule has 0 aliphatic carbocycles. The summed E-state index contributed by atoms with van der Waals surface area (Å²) in [7, 11) is 1.75. The maximum absolute atomic E-state index is 10.4. The van der Waals surface area contributed by atoms with E-state index in [9.17, 15) is 5.11 Å². The molecule has 1 aromatic carbocycles. The molecule has 18 heavy (non-hydrogen) atoms. The molecule has 0 saturated heterocycles. The zero-order valence-corrected chi connectivity index (χ0v) is 9.96. The molecular weight excluding hydrogens is 228 g/mol. The van der Waals surface area contributed by atoms with Gasteiger partial charge in [-0.15, -0.1) is 0 Å². The number of hydrogen-bond acceptors (Lipinski definition) is 3. The summed E-state index contributed by atoms with van der Waals surface area (Å²) in [6, 6.07) is 7.83. The molecule has 0 aliphatic rings. The number of para-hydroxylation sites is 1. The summed E-state index contributed by atoms with van der Waals surface area (Å²) in [5.41, 5.74) is 8.32. The van der Waals surface area contributed by atoms with Crippen LogP contribution >= 0.6 is 0 Å². The van der Waals surface area contributed by atoms with Crippen LogP contribution in [0.3, 0.4) is 0 Å². The first kappa shape index (κ1) is 10.9. The molecule has 3 rings (SSSR count). The predicted molar refractivity (Wildman–Crippen MR) is 70.0 cm³/mol. The van der Waals surface area contributed by atoms with Crippen LogP contribution in [-0.4, -0.2) is 19.9 Å². The van der Waals surface area contributed by atoms with Crippen molar-refractivity contribution in [1.82, 2.24) is 14.8 Å². The van der Waals surface area contributed by atoms with E-state index >= 15 is 0 Å². The predicted octanol–water partition coefficient (Wildman–Crippen LogP) is 1.57. The summed E-state index contributed by atoms with van der Waals surface area (Å²) in [6.07, 6.45) is 2.64. The molecule has 0 aliphatic heterocycles. The third-order valence-corrected chi connectivity index (χ3v) is 3.22. The Hall–Kier alpha value is -2.27. The number of aryl methyl sites for hydroxylation is 1. The highest BCUT2D eigenvalue weighted by atomic mass is 16.3. The van der Waals surface area contributed by atoms with Gasteiger partial charge in [-0.1, -0.05) is 18.2 Å². The summed E-state index contributed by atoms with van der Waals surface area (Å²) in [4.78, 5) is 3.14. The largest absolute Gasteiger partial charge is 0.384 e. The van der Waals surface area contributed by atoms with Crippen molar-refractivity contribution >= 4 is 16.7 Å². The minimum absolute atomic E-state index is 0.479. The molecule has 4 N–H and O–H groups in total. The van der Waals surface area contributed by atoms with Crippen molar-refractivity contribution in [2.75, 3.05) is 5.73 Å². The van der Waals surface area contributed by atoms with Crippen LogP contribution in [0.4, 0.5) is 5.82 Å². The van der Waals surface area contributed by atoms with Crippen molar-refractivity contribution in [3.8, 4) is 0 Å². The van der Waals surface area contributed by atoms with Gasteiger partial charge >= 0.3 is 0 Å². The molecule has 0 amide bonds. The van der Waals surface area contributed by atoms with Crippen molar-refractivity contribution in [1.29, 1.82) is 0 Å². The van der Waals surface area contributed by atoms with Crippen LogP contribution in [-0.2, 0) is 7.05 Å². The van der Waals surface area contributed by atoms with Crippen LogP contribution in [0, 0.1) is 0 Å². The normalized spacial score (nSPS) is 13.0. The number of benzene rings is 1. The number of nitrogens with zero attached hydrogens (tertiary/aromatic N) is 2. The number of H-pyrrole nitrogens is 1. The van der Waals surface area contributed by atoms with E-state index in [1.165, 1.54) is 0 Å². The molecule has 1 atom stereocenters.